The number of methoxy groups -OCH3 is 1. The van der Waals surface area contributed by atoms with Gasteiger partial charge in [-0.05, 0) is 18.2 Å². The van der Waals surface area contributed by atoms with Crippen molar-refractivity contribution in [2.45, 2.75) is 0 Å². The Morgan fingerprint density at radius 2 is 1.96 bits per heavy atom. The number of anilines is 1. The van der Waals surface area contributed by atoms with E-state index in [0.717, 1.165) is 6.07 Å². The first-order valence-electron chi connectivity index (χ1n) is 6.50. The number of halogens is 3. The summed E-state index contributed by atoms with van der Waals surface area (Å²) < 4.78 is 18.9. The van der Waals surface area contributed by atoms with Crippen LogP contribution in [0.25, 0.3) is 0 Å². The Bertz CT molecular complexity index is 767. The van der Waals surface area contributed by atoms with E-state index in [2.05, 4.69) is 21.2 Å². The van der Waals surface area contributed by atoms with Crippen molar-refractivity contribution < 1.29 is 18.7 Å². The molecule has 0 saturated carbocycles. The van der Waals surface area contributed by atoms with Gasteiger partial charge in [0.25, 0.3) is 0 Å². The quantitative estimate of drug-likeness (QED) is 0.608. The van der Waals surface area contributed by atoms with E-state index in [9.17, 15) is 14.0 Å². The minimum absolute atomic E-state index is 0.00861. The first-order valence-corrected chi connectivity index (χ1v) is 8.00. The number of nitrogens with one attached hydrogen (secondary N) is 1. The highest BCUT2D eigenvalue weighted by Gasteiger charge is 2.20. The molecular weight excluding hydrogens is 389 g/mol. The van der Waals surface area contributed by atoms with Crippen molar-refractivity contribution in [1.29, 1.82) is 0 Å². The summed E-state index contributed by atoms with van der Waals surface area (Å²) in [6.07, 6.45) is 0. The minimum Gasteiger partial charge on any atom is -0.494 e. The van der Waals surface area contributed by atoms with Gasteiger partial charge in [-0.25, -0.2) is 4.39 Å². The Kier molecular flexibility index (Phi) is 5.74. The molecular formula is C16H12BrClFNO3. The van der Waals surface area contributed by atoms with Gasteiger partial charge in [-0.15, -0.1) is 0 Å². The lowest BCUT2D eigenvalue weighted by molar-refractivity contribution is -0.113. The van der Waals surface area contributed by atoms with E-state index in [1.54, 1.807) is 18.2 Å². The van der Waals surface area contributed by atoms with Crippen molar-refractivity contribution in [2.24, 2.45) is 0 Å². The predicted molar refractivity (Wildman–Crippen MR) is 90.3 cm³/mol. The van der Waals surface area contributed by atoms with Gasteiger partial charge in [0.2, 0.25) is 5.91 Å². The Morgan fingerprint density at radius 1 is 1.26 bits per heavy atom. The van der Waals surface area contributed by atoms with Crippen molar-refractivity contribution in [3.63, 3.8) is 0 Å². The van der Waals surface area contributed by atoms with Crippen molar-refractivity contribution in [3.05, 3.63) is 58.4 Å². The summed E-state index contributed by atoms with van der Waals surface area (Å²) in [4.78, 5) is 24.3. The van der Waals surface area contributed by atoms with Crippen LogP contribution in [0.2, 0.25) is 5.02 Å². The molecule has 23 heavy (non-hydrogen) atoms. The fraction of sp³-hybridized carbons (Fsp3) is 0.125. The Balaban J connectivity index is 2.55. The predicted octanol–water partition coefficient (Wildman–Crippen LogP) is 4.05. The lowest BCUT2D eigenvalue weighted by atomic mass is 10.0. The average molecular weight is 401 g/mol. The summed E-state index contributed by atoms with van der Waals surface area (Å²) in [7, 11) is 1.30. The van der Waals surface area contributed by atoms with Crippen LogP contribution in [0.4, 0.5) is 10.1 Å². The number of ether oxygens (including phenoxy) is 1. The van der Waals surface area contributed by atoms with Crippen molar-refractivity contribution in [1.82, 2.24) is 0 Å². The monoisotopic (exact) mass is 399 g/mol. The molecule has 0 saturated heterocycles. The number of benzene rings is 2. The molecule has 0 aliphatic heterocycles. The smallest absolute Gasteiger partial charge is 0.235 e. The SMILES string of the molecule is COc1cc(NC(=O)CBr)c(C(=O)c2ccccc2Cl)cc1F. The minimum atomic E-state index is -0.709. The Hall–Kier alpha value is -1.92. The second-order valence-electron chi connectivity index (χ2n) is 4.52. The number of amides is 1. The summed E-state index contributed by atoms with van der Waals surface area (Å²) in [5.74, 6) is -1.67. The number of alkyl halides is 1. The Labute approximate surface area is 145 Å². The van der Waals surface area contributed by atoms with Gasteiger partial charge in [0.05, 0.1) is 23.1 Å². The summed E-state index contributed by atoms with van der Waals surface area (Å²) in [6.45, 7) is 0. The highest BCUT2D eigenvalue weighted by molar-refractivity contribution is 9.09. The molecule has 1 N–H and O–H groups in total. The zero-order valence-electron chi connectivity index (χ0n) is 12.0. The highest BCUT2D eigenvalue weighted by atomic mass is 79.9. The van der Waals surface area contributed by atoms with E-state index in [-0.39, 0.29) is 38.8 Å². The van der Waals surface area contributed by atoms with E-state index in [1.165, 1.54) is 19.2 Å². The van der Waals surface area contributed by atoms with Gasteiger partial charge in [-0.1, -0.05) is 39.7 Å². The van der Waals surface area contributed by atoms with Gasteiger partial charge >= 0.3 is 0 Å². The van der Waals surface area contributed by atoms with E-state index in [4.69, 9.17) is 16.3 Å². The largest absolute Gasteiger partial charge is 0.494 e. The molecule has 0 aliphatic carbocycles. The number of hydrogen-bond donors (Lipinski definition) is 1. The molecule has 7 heteroatoms. The zero-order chi connectivity index (χ0) is 17.0. The van der Waals surface area contributed by atoms with Gasteiger partial charge in [-0.3, -0.25) is 9.59 Å². The standard InChI is InChI=1S/C16H12BrClFNO3/c1-23-14-7-13(20-15(21)8-17)10(6-12(14)19)16(22)9-4-2-3-5-11(9)18/h2-7H,8H2,1H3,(H,20,21). The molecule has 0 atom stereocenters. The van der Waals surface area contributed by atoms with Crippen LogP contribution in [0, 0.1) is 5.82 Å². The molecule has 2 rings (SSSR count). The lowest BCUT2D eigenvalue weighted by Crippen LogP contribution is -2.16. The third kappa shape index (κ3) is 3.89. The van der Waals surface area contributed by atoms with Crippen LogP contribution in [-0.4, -0.2) is 24.1 Å². The van der Waals surface area contributed by atoms with Gasteiger partial charge in [0.1, 0.15) is 0 Å². The number of rotatable bonds is 5. The maximum atomic E-state index is 14.0. The fourth-order valence-electron chi connectivity index (χ4n) is 1.98. The Morgan fingerprint density at radius 3 is 2.57 bits per heavy atom. The fourth-order valence-corrected chi connectivity index (χ4v) is 2.34. The van der Waals surface area contributed by atoms with Crippen molar-refractivity contribution in [2.75, 3.05) is 17.8 Å². The molecule has 0 spiro atoms. The molecule has 0 aromatic heterocycles. The van der Waals surface area contributed by atoms with Crippen LogP contribution in [0.15, 0.2) is 36.4 Å². The first kappa shape index (κ1) is 17.4. The third-order valence-corrected chi connectivity index (χ3v) is 3.89. The summed E-state index contributed by atoms with van der Waals surface area (Å²) >= 11 is 9.04. The number of carbonyl (C=O) groups is 2. The topological polar surface area (TPSA) is 55.4 Å². The lowest BCUT2D eigenvalue weighted by Gasteiger charge is -2.13. The molecule has 4 nitrogen and oxygen atoms in total. The average Bonchev–Trinajstić information content (AvgIpc) is 2.55. The molecule has 2 aromatic rings. The molecule has 2 aromatic carbocycles. The maximum Gasteiger partial charge on any atom is 0.235 e. The van der Waals surface area contributed by atoms with E-state index < -0.39 is 11.6 Å². The van der Waals surface area contributed by atoms with Crippen molar-refractivity contribution >= 4 is 44.9 Å². The number of carbonyl (C=O) groups excluding carboxylic acids is 2. The second kappa shape index (κ2) is 7.57. The molecule has 0 fully saturated rings. The normalized spacial score (nSPS) is 10.3. The molecule has 1 amide bonds. The zero-order valence-corrected chi connectivity index (χ0v) is 14.4. The van der Waals surface area contributed by atoms with Crippen LogP contribution in [-0.2, 0) is 4.79 Å². The van der Waals surface area contributed by atoms with E-state index in [0.29, 0.717) is 0 Å². The van der Waals surface area contributed by atoms with Gasteiger partial charge in [0, 0.05) is 17.2 Å². The van der Waals surface area contributed by atoms with Gasteiger partial charge in [-0.2, -0.15) is 0 Å². The number of hydrogen-bond acceptors (Lipinski definition) is 3. The molecule has 0 bridgehead atoms. The summed E-state index contributed by atoms with van der Waals surface area (Å²) in [6, 6.07) is 8.71. The molecule has 0 heterocycles. The summed E-state index contributed by atoms with van der Waals surface area (Å²) in [5, 5.41) is 2.81. The van der Waals surface area contributed by atoms with Gasteiger partial charge < -0.3 is 10.1 Å². The summed E-state index contributed by atoms with van der Waals surface area (Å²) in [5.41, 5.74) is 0.358. The van der Waals surface area contributed by atoms with Crippen LogP contribution >= 0.6 is 27.5 Å². The molecule has 0 aliphatic rings. The maximum absolute atomic E-state index is 14.0. The second-order valence-corrected chi connectivity index (χ2v) is 5.49. The van der Waals surface area contributed by atoms with Crippen LogP contribution in [0.1, 0.15) is 15.9 Å². The molecule has 120 valence electrons. The van der Waals surface area contributed by atoms with E-state index in [1.807, 2.05) is 0 Å². The van der Waals surface area contributed by atoms with Crippen LogP contribution in [0.3, 0.4) is 0 Å². The van der Waals surface area contributed by atoms with Gasteiger partial charge in [0.15, 0.2) is 17.3 Å². The third-order valence-electron chi connectivity index (χ3n) is 3.05. The van der Waals surface area contributed by atoms with E-state index >= 15 is 0 Å². The van der Waals surface area contributed by atoms with Crippen LogP contribution in [0.5, 0.6) is 5.75 Å². The highest BCUT2D eigenvalue weighted by Crippen LogP contribution is 2.29. The van der Waals surface area contributed by atoms with Crippen LogP contribution < -0.4 is 10.1 Å². The van der Waals surface area contributed by atoms with Crippen molar-refractivity contribution in [3.8, 4) is 5.75 Å². The first-order chi connectivity index (χ1) is 11.0. The molecule has 0 unspecified atom stereocenters. The molecule has 0 radical (unpaired) electrons. The number of ketones is 1.